The number of fused-ring (bicyclic) bond motifs is 2. The van der Waals surface area contributed by atoms with Crippen LogP contribution in [-0.2, 0) is 4.74 Å². The molecule has 0 unspecified atom stereocenters. The van der Waals surface area contributed by atoms with E-state index in [1.165, 1.54) is 16.3 Å². The molecule has 1 aromatic heterocycles. The van der Waals surface area contributed by atoms with Crippen LogP contribution in [-0.4, -0.2) is 33.1 Å². The summed E-state index contributed by atoms with van der Waals surface area (Å²) in [7, 11) is 0. The van der Waals surface area contributed by atoms with Gasteiger partial charge in [0.2, 0.25) is 0 Å². The number of benzene rings is 3. The Morgan fingerprint density at radius 2 is 1.77 bits per heavy atom. The van der Waals surface area contributed by atoms with Crippen molar-refractivity contribution in [3.05, 3.63) is 66.5 Å². The van der Waals surface area contributed by atoms with Crippen LogP contribution >= 0.6 is 0 Å². The monoisotopic (exact) mass is 413 g/mol. The first-order valence-corrected chi connectivity index (χ1v) is 10.9. The number of H-pyrrole nitrogens is 1. The molecular formula is C26H27N3O2. The second kappa shape index (κ2) is 7.41. The molecule has 1 atom stereocenters. The largest absolute Gasteiger partial charge is 0.444 e. The van der Waals surface area contributed by atoms with Crippen LogP contribution in [0.3, 0.4) is 0 Å². The van der Waals surface area contributed by atoms with Crippen LogP contribution in [0.15, 0.2) is 60.7 Å². The van der Waals surface area contributed by atoms with Crippen molar-refractivity contribution in [2.45, 2.75) is 45.3 Å². The van der Waals surface area contributed by atoms with E-state index in [1.54, 1.807) is 4.90 Å². The first-order valence-electron chi connectivity index (χ1n) is 10.9. The van der Waals surface area contributed by atoms with Crippen molar-refractivity contribution in [2.24, 2.45) is 0 Å². The predicted octanol–water partition coefficient (Wildman–Crippen LogP) is 6.46. The Labute approximate surface area is 182 Å². The van der Waals surface area contributed by atoms with Gasteiger partial charge in [-0.25, -0.2) is 9.78 Å². The number of nitrogens with one attached hydrogen (secondary N) is 1. The number of hydrogen-bond donors (Lipinski definition) is 1. The van der Waals surface area contributed by atoms with Crippen LogP contribution in [0.1, 0.15) is 45.5 Å². The standard InChI is InChI=1S/C26H27N3O2/c1-26(2,3)31-25(30)29-14-6-9-23(29)24-27-21-13-12-20(16-22(21)28-24)19-11-10-17-7-4-5-8-18(17)15-19/h4-5,7-8,10-13,15-16,23H,6,9,14H2,1-3H3,(H,27,28)/t23-/m0/s1. The van der Waals surface area contributed by atoms with Gasteiger partial charge >= 0.3 is 6.09 Å². The Kier molecular flexibility index (Phi) is 4.69. The molecule has 4 aromatic rings. The van der Waals surface area contributed by atoms with Crippen LogP contribution in [0.4, 0.5) is 4.79 Å². The highest BCUT2D eigenvalue weighted by Crippen LogP contribution is 2.34. The number of ether oxygens (including phenoxy) is 1. The van der Waals surface area contributed by atoms with Gasteiger partial charge in [-0.05, 0) is 73.7 Å². The van der Waals surface area contributed by atoms with Gasteiger partial charge in [-0.1, -0.05) is 42.5 Å². The van der Waals surface area contributed by atoms with Gasteiger partial charge in [-0.3, -0.25) is 4.90 Å². The van der Waals surface area contributed by atoms with E-state index in [0.717, 1.165) is 35.3 Å². The Morgan fingerprint density at radius 3 is 2.58 bits per heavy atom. The number of carbonyl (C=O) groups is 1. The summed E-state index contributed by atoms with van der Waals surface area (Å²) >= 11 is 0. The normalized spacial score (nSPS) is 16.9. The van der Waals surface area contributed by atoms with Crippen LogP contribution in [0, 0.1) is 0 Å². The van der Waals surface area contributed by atoms with E-state index < -0.39 is 5.60 Å². The number of likely N-dealkylation sites (tertiary alicyclic amines) is 1. The van der Waals surface area contributed by atoms with E-state index in [0.29, 0.717) is 6.54 Å². The van der Waals surface area contributed by atoms with Crippen LogP contribution in [0.2, 0.25) is 0 Å². The van der Waals surface area contributed by atoms with E-state index in [9.17, 15) is 4.79 Å². The Bertz CT molecular complexity index is 1270. The number of rotatable bonds is 2. The number of amides is 1. The highest BCUT2D eigenvalue weighted by molar-refractivity contribution is 5.89. The molecule has 5 nitrogen and oxygen atoms in total. The fourth-order valence-electron chi connectivity index (χ4n) is 4.33. The summed E-state index contributed by atoms with van der Waals surface area (Å²) in [6.45, 7) is 6.38. The molecule has 0 bridgehead atoms. The molecule has 2 heterocycles. The van der Waals surface area contributed by atoms with Gasteiger partial charge < -0.3 is 9.72 Å². The lowest BCUT2D eigenvalue weighted by Crippen LogP contribution is -2.36. The quantitative estimate of drug-likeness (QED) is 0.410. The van der Waals surface area contributed by atoms with Gasteiger partial charge in [0.1, 0.15) is 11.4 Å². The molecule has 1 aliphatic heterocycles. The molecular weight excluding hydrogens is 386 g/mol. The second-order valence-corrected chi connectivity index (χ2v) is 9.25. The second-order valence-electron chi connectivity index (χ2n) is 9.25. The highest BCUT2D eigenvalue weighted by Gasteiger charge is 2.34. The molecule has 1 N–H and O–H groups in total. The molecule has 5 heteroatoms. The molecule has 0 radical (unpaired) electrons. The van der Waals surface area contributed by atoms with E-state index in [4.69, 9.17) is 9.72 Å². The highest BCUT2D eigenvalue weighted by atomic mass is 16.6. The lowest BCUT2D eigenvalue weighted by molar-refractivity contribution is 0.0219. The maximum atomic E-state index is 12.7. The maximum absolute atomic E-state index is 12.7. The fraction of sp³-hybridized carbons (Fsp3) is 0.308. The zero-order chi connectivity index (χ0) is 21.6. The number of aromatic nitrogens is 2. The average Bonchev–Trinajstić information content (AvgIpc) is 3.38. The number of carbonyl (C=O) groups excluding carboxylic acids is 1. The third-order valence-corrected chi connectivity index (χ3v) is 5.78. The Morgan fingerprint density at radius 1 is 1.03 bits per heavy atom. The van der Waals surface area contributed by atoms with Gasteiger partial charge in [0.15, 0.2) is 0 Å². The fourth-order valence-corrected chi connectivity index (χ4v) is 4.33. The van der Waals surface area contributed by atoms with Crippen molar-refractivity contribution < 1.29 is 9.53 Å². The van der Waals surface area contributed by atoms with Crippen molar-refractivity contribution >= 4 is 27.9 Å². The smallest absolute Gasteiger partial charge is 0.410 e. The zero-order valence-electron chi connectivity index (χ0n) is 18.2. The Balaban J connectivity index is 1.45. The summed E-state index contributed by atoms with van der Waals surface area (Å²) in [4.78, 5) is 22.7. The van der Waals surface area contributed by atoms with Crippen molar-refractivity contribution in [1.29, 1.82) is 0 Å². The predicted molar refractivity (Wildman–Crippen MR) is 124 cm³/mol. The molecule has 1 fully saturated rings. The van der Waals surface area contributed by atoms with Crippen LogP contribution in [0.25, 0.3) is 32.9 Å². The van der Waals surface area contributed by atoms with Gasteiger partial charge in [0.25, 0.3) is 0 Å². The Hall–Kier alpha value is -3.34. The average molecular weight is 414 g/mol. The minimum Gasteiger partial charge on any atom is -0.444 e. The number of nitrogens with zero attached hydrogens (tertiary/aromatic N) is 2. The number of hydrogen-bond acceptors (Lipinski definition) is 3. The van der Waals surface area contributed by atoms with Gasteiger partial charge in [-0.15, -0.1) is 0 Å². The van der Waals surface area contributed by atoms with Gasteiger partial charge in [0, 0.05) is 6.54 Å². The summed E-state index contributed by atoms with van der Waals surface area (Å²) in [6, 6.07) is 21.1. The lowest BCUT2D eigenvalue weighted by Gasteiger charge is -2.27. The molecule has 3 aromatic carbocycles. The van der Waals surface area contributed by atoms with Crippen molar-refractivity contribution in [2.75, 3.05) is 6.54 Å². The van der Waals surface area contributed by atoms with E-state index in [2.05, 4.69) is 59.6 Å². The minimum atomic E-state index is -0.507. The SMILES string of the molecule is CC(C)(C)OC(=O)N1CCC[C@H]1c1nc2ccc(-c3ccc4ccccc4c3)cc2[nH]1. The molecule has 0 aliphatic carbocycles. The van der Waals surface area contributed by atoms with Crippen molar-refractivity contribution in [1.82, 2.24) is 14.9 Å². The number of imidazole rings is 1. The van der Waals surface area contributed by atoms with Crippen molar-refractivity contribution in [3.63, 3.8) is 0 Å². The molecule has 1 amide bonds. The van der Waals surface area contributed by atoms with E-state index in [1.807, 2.05) is 26.8 Å². The summed E-state index contributed by atoms with van der Waals surface area (Å²) < 4.78 is 5.60. The number of aromatic amines is 1. The van der Waals surface area contributed by atoms with E-state index in [-0.39, 0.29) is 12.1 Å². The summed E-state index contributed by atoms with van der Waals surface area (Å²) in [5.74, 6) is 0.828. The third-order valence-electron chi connectivity index (χ3n) is 5.78. The summed E-state index contributed by atoms with van der Waals surface area (Å²) in [5.41, 5.74) is 3.71. The molecule has 0 spiro atoms. The van der Waals surface area contributed by atoms with Gasteiger partial charge in [-0.2, -0.15) is 0 Å². The molecule has 31 heavy (non-hydrogen) atoms. The third kappa shape index (κ3) is 3.88. The zero-order valence-corrected chi connectivity index (χ0v) is 18.2. The molecule has 158 valence electrons. The van der Waals surface area contributed by atoms with E-state index >= 15 is 0 Å². The topological polar surface area (TPSA) is 58.2 Å². The first-order chi connectivity index (χ1) is 14.9. The lowest BCUT2D eigenvalue weighted by atomic mass is 10.0. The molecule has 1 saturated heterocycles. The van der Waals surface area contributed by atoms with Gasteiger partial charge in [0.05, 0.1) is 17.1 Å². The maximum Gasteiger partial charge on any atom is 0.410 e. The minimum absolute atomic E-state index is 0.0774. The molecule has 0 saturated carbocycles. The molecule has 5 rings (SSSR count). The van der Waals surface area contributed by atoms with Crippen LogP contribution < -0.4 is 0 Å². The first kappa shape index (κ1) is 19.6. The molecule has 1 aliphatic rings. The summed E-state index contributed by atoms with van der Waals surface area (Å²) in [6.07, 6.45) is 1.56. The van der Waals surface area contributed by atoms with Crippen molar-refractivity contribution in [3.8, 4) is 11.1 Å². The van der Waals surface area contributed by atoms with Crippen LogP contribution in [0.5, 0.6) is 0 Å². The summed E-state index contributed by atoms with van der Waals surface area (Å²) in [5, 5.41) is 2.46.